The lowest BCUT2D eigenvalue weighted by molar-refractivity contribution is -0.131. The van der Waals surface area contributed by atoms with Crippen LogP contribution in [0.15, 0.2) is 29.2 Å². The normalized spacial score (nSPS) is 20.9. The van der Waals surface area contributed by atoms with Gasteiger partial charge >= 0.3 is 0 Å². The van der Waals surface area contributed by atoms with E-state index in [0.717, 1.165) is 12.8 Å². The van der Waals surface area contributed by atoms with Gasteiger partial charge in [-0.25, -0.2) is 8.42 Å². The van der Waals surface area contributed by atoms with Gasteiger partial charge in [0, 0.05) is 26.1 Å². The molecule has 36 heavy (non-hydrogen) atoms. The number of sulfonamides is 1. The Morgan fingerprint density at radius 1 is 1.25 bits per heavy atom. The number of carbonyl (C=O) groups is 2. The summed E-state index contributed by atoms with van der Waals surface area (Å²) in [6.45, 7) is 4.43. The maximum Gasteiger partial charge on any atom is 0.244 e. The summed E-state index contributed by atoms with van der Waals surface area (Å²) in [5.41, 5.74) is 0.0916. The van der Waals surface area contributed by atoms with Crippen molar-refractivity contribution in [1.29, 1.82) is 5.26 Å². The van der Waals surface area contributed by atoms with Crippen molar-refractivity contribution in [3.05, 3.63) is 29.8 Å². The number of nitrogens with one attached hydrogen (secondary N) is 2. The second-order valence-corrected chi connectivity index (χ2v) is 11.7. The summed E-state index contributed by atoms with van der Waals surface area (Å²) in [4.78, 5) is 25.6. The van der Waals surface area contributed by atoms with Crippen molar-refractivity contribution in [1.82, 2.24) is 14.9 Å². The van der Waals surface area contributed by atoms with E-state index in [2.05, 4.69) is 10.6 Å². The molecule has 9 nitrogen and oxygen atoms in total. The number of hydrogen-bond acceptors (Lipinski definition) is 6. The zero-order chi connectivity index (χ0) is 26.1. The highest BCUT2D eigenvalue weighted by atomic mass is 32.2. The number of nitriles is 1. The predicted octanol–water partition coefficient (Wildman–Crippen LogP) is 2.57. The van der Waals surface area contributed by atoms with E-state index >= 15 is 0 Å². The zero-order valence-electron chi connectivity index (χ0n) is 21.2. The minimum absolute atomic E-state index is 0.0330. The molecule has 0 radical (unpaired) electrons. The highest BCUT2D eigenvalue weighted by molar-refractivity contribution is 7.89. The first-order valence-corrected chi connectivity index (χ1v) is 14.4. The number of rotatable bonds is 11. The Balaban J connectivity index is 1.56. The highest BCUT2D eigenvalue weighted by Gasteiger charge is 2.33. The second-order valence-electron chi connectivity index (χ2n) is 9.83. The lowest BCUT2D eigenvalue weighted by Crippen LogP contribution is -2.54. The van der Waals surface area contributed by atoms with Gasteiger partial charge in [-0.1, -0.05) is 58.1 Å². The Hall–Kier alpha value is -2.48. The molecule has 10 heteroatoms. The number of ether oxygens (including phenoxy) is 1. The van der Waals surface area contributed by atoms with E-state index in [4.69, 9.17) is 4.74 Å². The first-order valence-electron chi connectivity index (χ1n) is 12.9. The third kappa shape index (κ3) is 7.28. The molecule has 1 heterocycles. The predicted molar refractivity (Wildman–Crippen MR) is 135 cm³/mol. The SMILES string of the molecule is CC[C@H](C)[C@H](NC(=O)CCC1CCCC1)C(=O)NCC1CN(S(=O)(=O)c2ccccc2C#N)CCO1. The van der Waals surface area contributed by atoms with Gasteiger partial charge in [0.25, 0.3) is 0 Å². The highest BCUT2D eigenvalue weighted by Crippen LogP contribution is 2.28. The van der Waals surface area contributed by atoms with E-state index in [1.165, 1.54) is 42.1 Å². The summed E-state index contributed by atoms with van der Waals surface area (Å²) in [7, 11) is -3.88. The zero-order valence-corrected chi connectivity index (χ0v) is 22.1. The van der Waals surface area contributed by atoms with Crippen LogP contribution in [0.5, 0.6) is 0 Å². The van der Waals surface area contributed by atoms with E-state index in [1.54, 1.807) is 12.1 Å². The fourth-order valence-electron chi connectivity index (χ4n) is 4.86. The topological polar surface area (TPSA) is 129 Å². The smallest absolute Gasteiger partial charge is 0.244 e. The molecule has 0 aromatic heterocycles. The van der Waals surface area contributed by atoms with Gasteiger partial charge in [0.05, 0.1) is 23.2 Å². The molecule has 2 amide bonds. The van der Waals surface area contributed by atoms with Gasteiger partial charge in [0.2, 0.25) is 21.8 Å². The van der Waals surface area contributed by atoms with Crippen molar-refractivity contribution in [2.24, 2.45) is 11.8 Å². The summed E-state index contributed by atoms with van der Waals surface area (Å²) in [6, 6.07) is 7.38. The monoisotopic (exact) mass is 518 g/mol. The Bertz CT molecular complexity index is 1050. The van der Waals surface area contributed by atoms with Crippen molar-refractivity contribution in [3.63, 3.8) is 0 Å². The van der Waals surface area contributed by atoms with Gasteiger partial charge in [-0.15, -0.1) is 0 Å². The summed E-state index contributed by atoms with van der Waals surface area (Å²) < 4.78 is 33.3. The standard InChI is InChI=1S/C26H38N4O5S/c1-3-19(2)25(29-24(31)13-12-20-8-4-5-9-20)26(32)28-17-22-18-30(14-15-35-22)36(33,34)23-11-7-6-10-21(23)16-27/h6-7,10-11,19-20,22,25H,3-5,8-9,12-15,17-18H2,1-2H3,(H,28,32)(H,29,31)/t19-,22?,25-/m0/s1. The first-order chi connectivity index (χ1) is 17.3. The van der Waals surface area contributed by atoms with Crippen molar-refractivity contribution >= 4 is 21.8 Å². The number of carbonyl (C=O) groups excluding carboxylic acids is 2. The molecule has 1 aromatic carbocycles. The van der Waals surface area contributed by atoms with Gasteiger partial charge < -0.3 is 15.4 Å². The lowest BCUT2D eigenvalue weighted by Gasteiger charge is -2.33. The van der Waals surface area contributed by atoms with Crippen LogP contribution >= 0.6 is 0 Å². The largest absolute Gasteiger partial charge is 0.374 e. The fraction of sp³-hybridized carbons (Fsp3) is 0.654. The van der Waals surface area contributed by atoms with Crippen LogP contribution in [0.1, 0.15) is 64.4 Å². The number of amides is 2. The molecule has 3 atom stereocenters. The van der Waals surface area contributed by atoms with Crippen LogP contribution in [0.2, 0.25) is 0 Å². The maximum atomic E-state index is 13.1. The van der Waals surface area contributed by atoms with Crippen molar-refractivity contribution < 1.29 is 22.7 Å². The van der Waals surface area contributed by atoms with Crippen LogP contribution in [0.4, 0.5) is 0 Å². The van der Waals surface area contributed by atoms with Crippen molar-refractivity contribution in [2.45, 2.75) is 75.8 Å². The number of nitrogens with zero attached hydrogens (tertiary/aromatic N) is 2. The maximum absolute atomic E-state index is 13.1. The summed E-state index contributed by atoms with van der Waals surface area (Å²) in [6.07, 6.45) is 6.29. The van der Waals surface area contributed by atoms with Gasteiger partial charge in [0.1, 0.15) is 12.1 Å². The van der Waals surface area contributed by atoms with Gasteiger partial charge in [-0.2, -0.15) is 9.57 Å². The van der Waals surface area contributed by atoms with Crippen LogP contribution in [0, 0.1) is 23.2 Å². The first kappa shape index (κ1) is 28.1. The molecule has 2 aliphatic rings. The molecule has 0 spiro atoms. The Labute approximate surface area is 214 Å². The van der Waals surface area contributed by atoms with Crippen LogP contribution in [-0.4, -0.2) is 62.9 Å². The van der Waals surface area contributed by atoms with Crippen LogP contribution < -0.4 is 10.6 Å². The second kappa shape index (κ2) is 13.2. The molecule has 1 aliphatic carbocycles. The fourth-order valence-corrected chi connectivity index (χ4v) is 6.46. The molecular formula is C26H38N4O5S. The lowest BCUT2D eigenvalue weighted by atomic mass is 9.97. The Kier molecular flexibility index (Phi) is 10.3. The molecule has 2 fully saturated rings. The van der Waals surface area contributed by atoms with Gasteiger partial charge in [-0.05, 0) is 30.4 Å². The molecule has 1 aromatic rings. The van der Waals surface area contributed by atoms with Crippen LogP contribution in [0.25, 0.3) is 0 Å². The van der Waals surface area contributed by atoms with E-state index in [0.29, 0.717) is 12.3 Å². The summed E-state index contributed by atoms with van der Waals surface area (Å²) in [5.74, 6) is 0.156. The molecule has 1 unspecified atom stereocenters. The summed E-state index contributed by atoms with van der Waals surface area (Å²) in [5, 5.41) is 15.1. The van der Waals surface area contributed by atoms with Crippen LogP contribution in [0.3, 0.4) is 0 Å². The van der Waals surface area contributed by atoms with Crippen LogP contribution in [-0.2, 0) is 24.3 Å². The Morgan fingerprint density at radius 3 is 2.67 bits per heavy atom. The number of benzene rings is 1. The molecule has 1 saturated heterocycles. The summed E-state index contributed by atoms with van der Waals surface area (Å²) >= 11 is 0. The molecular weight excluding hydrogens is 480 g/mol. The molecule has 1 saturated carbocycles. The van der Waals surface area contributed by atoms with Gasteiger partial charge in [-0.3, -0.25) is 9.59 Å². The minimum atomic E-state index is -3.88. The molecule has 1 aliphatic heterocycles. The third-order valence-electron chi connectivity index (χ3n) is 7.30. The quantitative estimate of drug-likeness (QED) is 0.463. The number of hydrogen-bond donors (Lipinski definition) is 2. The minimum Gasteiger partial charge on any atom is -0.374 e. The van der Waals surface area contributed by atoms with Crippen molar-refractivity contribution in [2.75, 3.05) is 26.2 Å². The van der Waals surface area contributed by atoms with E-state index in [1.807, 2.05) is 19.9 Å². The Morgan fingerprint density at radius 2 is 1.97 bits per heavy atom. The molecule has 198 valence electrons. The van der Waals surface area contributed by atoms with E-state index in [-0.39, 0.29) is 54.4 Å². The molecule has 3 rings (SSSR count). The molecule has 0 bridgehead atoms. The van der Waals surface area contributed by atoms with Gasteiger partial charge in [0.15, 0.2) is 0 Å². The van der Waals surface area contributed by atoms with E-state index in [9.17, 15) is 23.3 Å². The third-order valence-corrected chi connectivity index (χ3v) is 9.22. The van der Waals surface area contributed by atoms with Crippen molar-refractivity contribution in [3.8, 4) is 6.07 Å². The van der Waals surface area contributed by atoms with E-state index < -0.39 is 22.2 Å². The molecule has 2 N–H and O–H groups in total. The number of morpholine rings is 1. The average Bonchev–Trinajstić information content (AvgIpc) is 3.42. The average molecular weight is 519 g/mol.